The fraction of sp³-hybridized carbons (Fsp3) is 0.257. The van der Waals surface area contributed by atoms with Crippen molar-refractivity contribution in [2.45, 2.75) is 48.3 Å². The van der Waals surface area contributed by atoms with Crippen molar-refractivity contribution in [1.29, 1.82) is 0 Å². The molecule has 1 aliphatic carbocycles. The Balaban J connectivity index is 1.55. The van der Waals surface area contributed by atoms with E-state index in [1.54, 1.807) is 36.4 Å². The Labute approximate surface area is 271 Å². The molecule has 0 bridgehead atoms. The number of rotatable bonds is 11. The molecule has 0 aromatic heterocycles. The van der Waals surface area contributed by atoms with E-state index in [0.717, 1.165) is 45.2 Å². The molecule has 8 nitrogen and oxygen atoms in total. The van der Waals surface area contributed by atoms with Crippen LogP contribution >= 0.6 is 0 Å². The zero-order chi connectivity index (χ0) is 33.3. The Kier molecular flexibility index (Phi) is 9.45. The first kappa shape index (κ1) is 33.7. The molecule has 4 aromatic rings. The first-order valence-electron chi connectivity index (χ1n) is 14.6. The number of aryl methyl sites for hydroxylation is 3. The average molecular weight is 681 g/mol. The maximum absolute atomic E-state index is 13.3. The smallest absolute Gasteiger partial charge is 0.266 e. The zero-order valence-electron chi connectivity index (χ0n) is 26.1. The maximum Gasteiger partial charge on any atom is 0.296 e. The Morgan fingerprint density at radius 2 is 0.804 bits per heavy atom. The maximum atomic E-state index is 13.3. The molecule has 4 aromatic carbocycles. The van der Waals surface area contributed by atoms with Gasteiger partial charge in [0, 0.05) is 11.7 Å². The van der Waals surface area contributed by atoms with E-state index in [-0.39, 0.29) is 40.7 Å². The van der Waals surface area contributed by atoms with Crippen molar-refractivity contribution < 1.29 is 33.6 Å². The zero-order valence-corrected chi connectivity index (χ0v) is 28.5. The molecule has 11 heteroatoms. The van der Waals surface area contributed by atoms with Gasteiger partial charge in [0.25, 0.3) is 20.2 Å². The van der Waals surface area contributed by atoms with Gasteiger partial charge >= 0.3 is 0 Å². The molecule has 1 aliphatic rings. The highest BCUT2D eigenvalue weighted by atomic mass is 32.2. The lowest BCUT2D eigenvalue weighted by molar-refractivity contribution is 0.0982. The highest BCUT2D eigenvalue weighted by molar-refractivity contribution is 7.90. The molecule has 0 unspecified atom stereocenters. The molecule has 0 N–H and O–H groups in total. The molecule has 46 heavy (non-hydrogen) atoms. The average Bonchev–Trinajstić information content (AvgIpc) is 3.40. The largest absolute Gasteiger partial charge is 0.296 e. The van der Waals surface area contributed by atoms with Crippen LogP contribution in [0.15, 0.2) is 112 Å². The fourth-order valence-electron chi connectivity index (χ4n) is 5.43. The highest BCUT2D eigenvalue weighted by Crippen LogP contribution is 2.51. The standard InChI is InChI=1S/C35H36O8S3/c1-25-5-11-28(12-6-25)33-21-35(23-42-45(38,39)31-15-7-26(2)8-16-31,24-43-46(40,41)32-17-9-27(3)10-18-32)22-34(33)29-13-19-30(20-14-29)44(4,36)37/h5-20H,21-24H2,1-4H3. The lowest BCUT2D eigenvalue weighted by Crippen LogP contribution is -2.33. The fourth-order valence-corrected chi connectivity index (χ4v) is 8.09. The topological polar surface area (TPSA) is 121 Å². The number of benzene rings is 4. The minimum Gasteiger partial charge on any atom is -0.266 e. The first-order chi connectivity index (χ1) is 21.6. The van der Waals surface area contributed by atoms with Crippen LogP contribution in [-0.4, -0.2) is 44.7 Å². The summed E-state index contributed by atoms with van der Waals surface area (Å²) in [6, 6.07) is 26.9. The van der Waals surface area contributed by atoms with Crippen molar-refractivity contribution in [3.63, 3.8) is 0 Å². The van der Waals surface area contributed by atoms with Crippen LogP contribution in [0.3, 0.4) is 0 Å². The van der Waals surface area contributed by atoms with Crippen LogP contribution in [0, 0.1) is 26.2 Å². The van der Waals surface area contributed by atoms with Gasteiger partial charge in [-0.15, -0.1) is 0 Å². The van der Waals surface area contributed by atoms with Crippen molar-refractivity contribution in [3.05, 3.63) is 125 Å². The normalized spacial score (nSPS) is 15.3. The molecule has 242 valence electrons. The summed E-state index contributed by atoms with van der Waals surface area (Å²) in [6.07, 6.45) is 1.59. The number of sulfone groups is 1. The van der Waals surface area contributed by atoms with Gasteiger partial charge in [-0.25, -0.2) is 8.42 Å². The van der Waals surface area contributed by atoms with E-state index in [4.69, 9.17) is 8.37 Å². The second-order valence-electron chi connectivity index (χ2n) is 12.0. The van der Waals surface area contributed by atoms with Crippen molar-refractivity contribution in [3.8, 4) is 0 Å². The van der Waals surface area contributed by atoms with Crippen LogP contribution in [0.25, 0.3) is 11.1 Å². The van der Waals surface area contributed by atoms with Crippen molar-refractivity contribution in [2.24, 2.45) is 5.41 Å². The third-order valence-electron chi connectivity index (χ3n) is 8.16. The molecule has 0 radical (unpaired) electrons. The molecule has 0 fully saturated rings. The van der Waals surface area contributed by atoms with Crippen LogP contribution in [-0.2, 0) is 38.4 Å². The quantitative estimate of drug-likeness (QED) is 0.164. The summed E-state index contributed by atoms with van der Waals surface area (Å²) in [6.45, 7) is 4.95. The van der Waals surface area contributed by atoms with Crippen LogP contribution in [0.5, 0.6) is 0 Å². The second kappa shape index (κ2) is 12.9. The molecule has 0 amide bonds. The molecule has 0 atom stereocenters. The summed E-state index contributed by atoms with van der Waals surface area (Å²) in [5.41, 5.74) is 4.99. The van der Waals surface area contributed by atoms with Gasteiger partial charge in [0.1, 0.15) is 0 Å². The van der Waals surface area contributed by atoms with E-state index in [0.29, 0.717) is 0 Å². The predicted octanol–water partition coefficient (Wildman–Crippen LogP) is 6.52. The Hall–Kier alpha value is -3.61. The third-order valence-corrected chi connectivity index (χ3v) is 11.8. The summed E-state index contributed by atoms with van der Waals surface area (Å²) in [5, 5.41) is 0. The molecular weight excluding hydrogens is 645 g/mol. The number of hydrogen-bond acceptors (Lipinski definition) is 8. The van der Waals surface area contributed by atoms with Gasteiger partial charge in [-0.2, -0.15) is 16.8 Å². The minimum atomic E-state index is -4.20. The summed E-state index contributed by atoms with van der Waals surface area (Å²) < 4.78 is 88.9. The van der Waals surface area contributed by atoms with Crippen LogP contribution < -0.4 is 0 Å². The SMILES string of the molecule is Cc1ccc(C2=C(c3ccc(S(C)(=O)=O)cc3)CC(COS(=O)(=O)c3ccc(C)cc3)(COS(=O)(=O)c3ccc(C)cc3)C2)cc1. The van der Waals surface area contributed by atoms with E-state index >= 15 is 0 Å². The molecular formula is C35H36O8S3. The van der Waals surface area contributed by atoms with E-state index in [1.165, 1.54) is 36.4 Å². The Bertz CT molecular complexity index is 2000. The van der Waals surface area contributed by atoms with E-state index in [1.807, 2.05) is 45.0 Å². The summed E-state index contributed by atoms with van der Waals surface area (Å²) in [5.74, 6) is 0. The van der Waals surface area contributed by atoms with E-state index in [2.05, 4.69) is 0 Å². The molecule has 5 rings (SSSR count). The van der Waals surface area contributed by atoms with Crippen LogP contribution in [0.1, 0.15) is 40.7 Å². The number of allylic oxidation sites excluding steroid dienone is 2. The summed E-state index contributed by atoms with van der Waals surface area (Å²) in [7, 11) is -11.8. The molecule has 0 heterocycles. The first-order valence-corrected chi connectivity index (χ1v) is 19.3. The molecule has 0 spiro atoms. The van der Waals surface area contributed by atoms with Crippen molar-refractivity contribution >= 4 is 41.2 Å². The van der Waals surface area contributed by atoms with E-state index < -0.39 is 35.5 Å². The molecule has 0 saturated heterocycles. The van der Waals surface area contributed by atoms with Gasteiger partial charge in [-0.1, -0.05) is 77.4 Å². The van der Waals surface area contributed by atoms with Gasteiger partial charge in [0.15, 0.2) is 9.84 Å². The van der Waals surface area contributed by atoms with Crippen molar-refractivity contribution in [1.82, 2.24) is 0 Å². The van der Waals surface area contributed by atoms with Gasteiger partial charge in [0.2, 0.25) is 0 Å². The highest BCUT2D eigenvalue weighted by Gasteiger charge is 2.43. The summed E-state index contributed by atoms with van der Waals surface area (Å²) >= 11 is 0. The Morgan fingerprint density at radius 1 is 0.500 bits per heavy atom. The summed E-state index contributed by atoms with van der Waals surface area (Å²) in [4.78, 5) is 0.142. The second-order valence-corrected chi connectivity index (χ2v) is 17.3. The number of hydrogen-bond donors (Lipinski definition) is 0. The van der Waals surface area contributed by atoms with Crippen molar-refractivity contribution in [2.75, 3.05) is 19.5 Å². The van der Waals surface area contributed by atoms with Crippen LogP contribution in [0.2, 0.25) is 0 Å². The van der Waals surface area contributed by atoms with Crippen LogP contribution in [0.4, 0.5) is 0 Å². The monoisotopic (exact) mass is 680 g/mol. The molecule has 0 aliphatic heterocycles. The van der Waals surface area contributed by atoms with Gasteiger partial charge in [-0.3, -0.25) is 8.37 Å². The lowest BCUT2D eigenvalue weighted by Gasteiger charge is -2.29. The molecule has 0 saturated carbocycles. The van der Waals surface area contributed by atoms with Gasteiger partial charge < -0.3 is 0 Å². The third kappa shape index (κ3) is 7.67. The van der Waals surface area contributed by atoms with E-state index in [9.17, 15) is 25.3 Å². The minimum absolute atomic E-state index is 0.0113. The van der Waals surface area contributed by atoms with Gasteiger partial charge in [-0.05, 0) is 92.3 Å². The predicted molar refractivity (Wildman–Crippen MR) is 178 cm³/mol. The lowest BCUT2D eigenvalue weighted by atomic mass is 9.84. The van der Waals surface area contributed by atoms with Gasteiger partial charge in [0.05, 0.1) is 27.9 Å². The Morgan fingerprint density at radius 3 is 1.15 bits per heavy atom.